The molecule has 0 spiro atoms. The molecule has 1 saturated heterocycles. The van der Waals surface area contributed by atoms with Gasteiger partial charge in [-0.2, -0.15) is 0 Å². The number of carbonyl (C=O) groups is 1. The first-order valence-electron chi connectivity index (χ1n) is 3.91. The Kier molecular flexibility index (Phi) is 2.84. The van der Waals surface area contributed by atoms with Crippen LogP contribution in [-0.4, -0.2) is 41.7 Å². The van der Waals surface area contributed by atoms with Crippen molar-refractivity contribution in [1.29, 1.82) is 0 Å². The van der Waals surface area contributed by atoms with Crippen molar-refractivity contribution < 1.29 is 9.90 Å². The Bertz CT molecular complexity index is 145. The fraction of sp³-hybridized carbons (Fsp3) is 0.857. The zero-order chi connectivity index (χ0) is 8.27. The third-order valence-corrected chi connectivity index (χ3v) is 2.02. The SMILES string of the molecule is N[C@H](CCN1CCC1)C(=O)O. The summed E-state index contributed by atoms with van der Waals surface area (Å²) in [7, 11) is 0. The summed E-state index contributed by atoms with van der Waals surface area (Å²) in [6.07, 6.45) is 1.80. The van der Waals surface area contributed by atoms with Crippen molar-refractivity contribution in [1.82, 2.24) is 4.90 Å². The van der Waals surface area contributed by atoms with Crippen LogP contribution < -0.4 is 5.73 Å². The molecule has 11 heavy (non-hydrogen) atoms. The van der Waals surface area contributed by atoms with E-state index in [0.717, 1.165) is 19.6 Å². The number of rotatable bonds is 4. The number of nitrogens with zero attached hydrogens (tertiary/aromatic N) is 1. The quantitative estimate of drug-likeness (QED) is 0.578. The summed E-state index contributed by atoms with van der Waals surface area (Å²) >= 11 is 0. The van der Waals surface area contributed by atoms with Gasteiger partial charge in [0.25, 0.3) is 0 Å². The van der Waals surface area contributed by atoms with Gasteiger partial charge in [-0.25, -0.2) is 0 Å². The van der Waals surface area contributed by atoms with Crippen LogP contribution in [0.25, 0.3) is 0 Å². The van der Waals surface area contributed by atoms with Crippen LogP contribution in [0.4, 0.5) is 0 Å². The van der Waals surface area contributed by atoms with Crippen LogP contribution in [0.3, 0.4) is 0 Å². The highest BCUT2D eigenvalue weighted by Gasteiger charge is 2.17. The molecular formula is C7H14N2O2. The minimum atomic E-state index is -0.898. The van der Waals surface area contributed by atoms with E-state index in [4.69, 9.17) is 10.8 Å². The van der Waals surface area contributed by atoms with Gasteiger partial charge in [0, 0.05) is 6.54 Å². The minimum Gasteiger partial charge on any atom is -0.480 e. The van der Waals surface area contributed by atoms with E-state index in [2.05, 4.69) is 4.90 Å². The summed E-state index contributed by atoms with van der Waals surface area (Å²) in [5, 5.41) is 8.44. The van der Waals surface area contributed by atoms with Gasteiger partial charge in [-0.3, -0.25) is 4.79 Å². The summed E-state index contributed by atoms with van der Waals surface area (Å²) in [5.74, 6) is -0.898. The van der Waals surface area contributed by atoms with Crippen molar-refractivity contribution in [2.24, 2.45) is 5.73 Å². The lowest BCUT2D eigenvalue weighted by molar-refractivity contribution is -0.138. The molecule has 0 unspecified atom stereocenters. The van der Waals surface area contributed by atoms with Gasteiger partial charge in [0.05, 0.1) is 0 Å². The maximum atomic E-state index is 10.3. The topological polar surface area (TPSA) is 66.6 Å². The van der Waals surface area contributed by atoms with Crippen LogP contribution in [0.15, 0.2) is 0 Å². The fourth-order valence-corrected chi connectivity index (χ4v) is 1.05. The Hall–Kier alpha value is -0.610. The predicted octanol–water partition coefficient (Wildman–Crippen LogP) is -0.506. The maximum Gasteiger partial charge on any atom is 0.320 e. The third kappa shape index (κ3) is 2.48. The lowest BCUT2D eigenvalue weighted by Crippen LogP contribution is -2.41. The molecule has 0 aromatic heterocycles. The zero-order valence-electron chi connectivity index (χ0n) is 6.49. The van der Waals surface area contributed by atoms with Crippen molar-refractivity contribution in [3.05, 3.63) is 0 Å². The molecule has 1 heterocycles. The second-order valence-electron chi connectivity index (χ2n) is 2.93. The van der Waals surface area contributed by atoms with E-state index in [0.29, 0.717) is 6.42 Å². The number of likely N-dealkylation sites (tertiary alicyclic amines) is 1. The highest BCUT2D eigenvalue weighted by atomic mass is 16.4. The van der Waals surface area contributed by atoms with Crippen LogP contribution >= 0.6 is 0 Å². The number of nitrogens with two attached hydrogens (primary N) is 1. The Balaban J connectivity index is 2.05. The molecular weight excluding hydrogens is 144 g/mol. The number of hydrogen-bond acceptors (Lipinski definition) is 3. The summed E-state index contributed by atoms with van der Waals surface area (Å²) < 4.78 is 0. The largest absolute Gasteiger partial charge is 0.480 e. The lowest BCUT2D eigenvalue weighted by Gasteiger charge is -2.30. The third-order valence-electron chi connectivity index (χ3n) is 2.02. The molecule has 0 amide bonds. The number of carboxylic acids is 1. The molecule has 3 N–H and O–H groups in total. The summed E-state index contributed by atoms with van der Waals surface area (Å²) in [4.78, 5) is 12.5. The van der Waals surface area contributed by atoms with E-state index >= 15 is 0 Å². The normalized spacial score (nSPS) is 20.8. The number of hydrogen-bond donors (Lipinski definition) is 2. The molecule has 4 nitrogen and oxygen atoms in total. The molecule has 64 valence electrons. The minimum absolute atomic E-state index is 0.565. The van der Waals surface area contributed by atoms with Crippen LogP contribution in [0.2, 0.25) is 0 Å². The molecule has 1 aliphatic rings. The van der Waals surface area contributed by atoms with E-state index in [-0.39, 0.29) is 0 Å². The van der Waals surface area contributed by atoms with Crippen molar-refractivity contribution in [2.75, 3.05) is 19.6 Å². The molecule has 1 rings (SSSR count). The van der Waals surface area contributed by atoms with Gasteiger partial charge in [-0.1, -0.05) is 0 Å². The molecule has 0 radical (unpaired) electrons. The molecule has 1 aliphatic heterocycles. The highest BCUT2D eigenvalue weighted by molar-refractivity contribution is 5.72. The summed E-state index contributed by atoms with van der Waals surface area (Å²) in [6, 6.07) is -0.685. The first-order valence-corrected chi connectivity index (χ1v) is 3.91. The van der Waals surface area contributed by atoms with E-state index in [9.17, 15) is 4.79 Å². The number of aliphatic carboxylic acids is 1. The van der Waals surface area contributed by atoms with Gasteiger partial charge in [-0.15, -0.1) is 0 Å². The first kappa shape index (κ1) is 8.49. The first-order chi connectivity index (χ1) is 5.20. The van der Waals surface area contributed by atoms with Gasteiger partial charge in [0.2, 0.25) is 0 Å². The van der Waals surface area contributed by atoms with Gasteiger partial charge in [0.1, 0.15) is 6.04 Å². The molecule has 1 atom stereocenters. The van der Waals surface area contributed by atoms with Gasteiger partial charge in [0.15, 0.2) is 0 Å². The highest BCUT2D eigenvalue weighted by Crippen LogP contribution is 2.06. The van der Waals surface area contributed by atoms with Crippen LogP contribution in [0, 0.1) is 0 Å². The molecule has 0 aromatic carbocycles. The average Bonchev–Trinajstić information content (AvgIpc) is 1.83. The van der Waals surface area contributed by atoms with E-state index in [1.54, 1.807) is 0 Å². The molecule has 0 aliphatic carbocycles. The van der Waals surface area contributed by atoms with Gasteiger partial charge < -0.3 is 15.7 Å². The molecule has 0 saturated carbocycles. The van der Waals surface area contributed by atoms with Crippen molar-refractivity contribution in [2.45, 2.75) is 18.9 Å². The van der Waals surface area contributed by atoms with Crippen LogP contribution in [0.1, 0.15) is 12.8 Å². The summed E-state index contributed by atoms with van der Waals surface area (Å²) in [6.45, 7) is 3.03. The van der Waals surface area contributed by atoms with E-state index in [1.807, 2.05) is 0 Å². The van der Waals surface area contributed by atoms with Crippen molar-refractivity contribution in [3.63, 3.8) is 0 Å². The van der Waals surface area contributed by atoms with Crippen molar-refractivity contribution >= 4 is 5.97 Å². The lowest BCUT2D eigenvalue weighted by atomic mass is 10.1. The van der Waals surface area contributed by atoms with E-state index < -0.39 is 12.0 Å². The monoisotopic (exact) mass is 158 g/mol. The second-order valence-corrected chi connectivity index (χ2v) is 2.93. The zero-order valence-corrected chi connectivity index (χ0v) is 6.49. The van der Waals surface area contributed by atoms with Gasteiger partial charge >= 0.3 is 5.97 Å². The van der Waals surface area contributed by atoms with E-state index in [1.165, 1.54) is 6.42 Å². The molecule has 4 heteroatoms. The standard InChI is InChI=1S/C7H14N2O2/c8-6(7(10)11)2-5-9-3-1-4-9/h6H,1-5,8H2,(H,10,11)/t6-/m1/s1. The predicted molar refractivity (Wildman–Crippen MR) is 41.3 cm³/mol. The maximum absolute atomic E-state index is 10.3. The average molecular weight is 158 g/mol. The molecule has 1 fully saturated rings. The van der Waals surface area contributed by atoms with Crippen LogP contribution in [-0.2, 0) is 4.79 Å². The molecule has 0 aromatic rings. The Morgan fingerprint density at radius 2 is 2.27 bits per heavy atom. The van der Waals surface area contributed by atoms with Crippen LogP contribution in [0.5, 0.6) is 0 Å². The number of carboxylic acid groups (broad SMARTS) is 1. The smallest absolute Gasteiger partial charge is 0.320 e. The fourth-order valence-electron chi connectivity index (χ4n) is 1.05. The Morgan fingerprint density at radius 3 is 2.64 bits per heavy atom. The Morgan fingerprint density at radius 1 is 1.64 bits per heavy atom. The Labute approximate surface area is 66.0 Å². The summed E-state index contributed by atoms with van der Waals surface area (Å²) in [5.41, 5.74) is 5.32. The second kappa shape index (κ2) is 3.69. The van der Waals surface area contributed by atoms with Crippen molar-refractivity contribution in [3.8, 4) is 0 Å². The molecule has 0 bridgehead atoms. The van der Waals surface area contributed by atoms with Gasteiger partial charge in [-0.05, 0) is 25.9 Å².